The lowest BCUT2D eigenvalue weighted by atomic mass is 10.0. The summed E-state index contributed by atoms with van der Waals surface area (Å²) in [6, 6.07) is 2.01. The number of nitrogens with zero attached hydrogens (tertiary/aromatic N) is 1. The maximum atomic E-state index is 5.56. The van der Waals surface area contributed by atoms with Gasteiger partial charge in [-0.2, -0.15) is 0 Å². The fourth-order valence-corrected chi connectivity index (χ4v) is 2.70. The molecule has 1 N–H and O–H groups in total. The predicted molar refractivity (Wildman–Crippen MR) is 70.7 cm³/mol. The predicted octanol–water partition coefficient (Wildman–Crippen LogP) is 3.89. The average molecular weight is 252 g/mol. The molecule has 1 unspecified atom stereocenters. The van der Waals surface area contributed by atoms with Crippen LogP contribution >= 0.6 is 12.2 Å². The topological polar surface area (TPSA) is 37.9 Å². The van der Waals surface area contributed by atoms with E-state index in [1.165, 1.54) is 31.4 Å². The van der Waals surface area contributed by atoms with Gasteiger partial charge in [0.1, 0.15) is 16.6 Å². The van der Waals surface area contributed by atoms with Gasteiger partial charge in [-0.15, -0.1) is 0 Å². The zero-order valence-corrected chi connectivity index (χ0v) is 11.3. The first-order chi connectivity index (χ1) is 8.20. The first-order valence-electron chi connectivity index (χ1n) is 6.43. The molecule has 1 atom stereocenters. The van der Waals surface area contributed by atoms with Crippen molar-refractivity contribution < 1.29 is 4.74 Å². The molecule has 0 radical (unpaired) electrons. The van der Waals surface area contributed by atoms with Gasteiger partial charge in [0.15, 0.2) is 0 Å². The fourth-order valence-electron chi connectivity index (χ4n) is 2.47. The summed E-state index contributed by atoms with van der Waals surface area (Å²) in [5.41, 5.74) is 1.24. The molecule has 94 valence electrons. The van der Waals surface area contributed by atoms with Crippen LogP contribution < -0.4 is 0 Å². The molecule has 3 nitrogen and oxygen atoms in total. The van der Waals surface area contributed by atoms with E-state index in [9.17, 15) is 0 Å². The molecule has 1 aromatic heterocycles. The van der Waals surface area contributed by atoms with Crippen molar-refractivity contribution in [3.63, 3.8) is 0 Å². The zero-order chi connectivity index (χ0) is 12.3. The van der Waals surface area contributed by atoms with E-state index < -0.39 is 0 Å². The van der Waals surface area contributed by atoms with Crippen molar-refractivity contribution in [2.75, 3.05) is 6.61 Å². The van der Waals surface area contributed by atoms with E-state index in [1.54, 1.807) is 0 Å². The van der Waals surface area contributed by atoms with Crippen LogP contribution in [0.2, 0.25) is 0 Å². The van der Waals surface area contributed by atoms with Crippen LogP contribution in [-0.4, -0.2) is 16.6 Å². The van der Waals surface area contributed by atoms with E-state index in [-0.39, 0.29) is 6.10 Å². The summed E-state index contributed by atoms with van der Waals surface area (Å²) in [6.45, 7) is 4.69. The Balaban J connectivity index is 2.25. The summed E-state index contributed by atoms with van der Waals surface area (Å²) < 4.78 is 6.23. The second kappa shape index (κ2) is 5.74. The van der Waals surface area contributed by atoms with Crippen molar-refractivity contribution in [3.8, 4) is 0 Å². The van der Waals surface area contributed by atoms with E-state index in [2.05, 4.69) is 9.97 Å². The lowest BCUT2D eigenvalue weighted by molar-refractivity contribution is 0.0697. The molecular weight excluding hydrogens is 232 g/mol. The van der Waals surface area contributed by atoms with Crippen molar-refractivity contribution in [3.05, 3.63) is 22.2 Å². The third-order valence-corrected chi connectivity index (χ3v) is 3.59. The molecule has 4 heteroatoms. The third kappa shape index (κ3) is 3.13. The van der Waals surface area contributed by atoms with Gasteiger partial charge in [0.05, 0.1) is 0 Å². The molecule has 1 saturated carbocycles. The Kier molecular flexibility index (Phi) is 4.29. The lowest BCUT2D eigenvalue weighted by Crippen LogP contribution is -2.08. The molecule has 0 aromatic carbocycles. The second-order valence-electron chi connectivity index (χ2n) is 4.64. The maximum absolute atomic E-state index is 5.56. The average Bonchev–Trinajstić information content (AvgIpc) is 2.82. The zero-order valence-electron chi connectivity index (χ0n) is 10.5. The number of nitrogens with one attached hydrogen (secondary N) is 1. The quantitative estimate of drug-likeness (QED) is 0.826. The third-order valence-electron chi connectivity index (χ3n) is 3.38. The van der Waals surface area contributed by atoms with Crippen LogP contribution in [0.1, 0.15) is 63.1 Å². The molecule has 1 aliphatic rings. The van der Waals surface area contributed by atoms with Crippen molar-refractivity contribution in [1.29, 1.82) is 0 Å². The molecule has 0 bridgehead atoms. The van der Waals surface area contributed by atoms with Gasteiger partial charge < -0.3 is 9.72 Å². The first-order valence-corrected chi connectivity index (χ1v) is 6.84. The highest BCUT2D eigenvalue weighted by molar-refractivity contribution is 7.71. The second-order valence-corrected chi connectivity index (χ2v) is 5.06. The van der Waals surface area contributed by atoms with Crippen LogP contribution in [0, 0.1) is 4.64 Å². The van der Waals surface area contributed by atoms with E-state index in [4.69, 9.17) is 17.0 Å². The summed E-state index contributed by atoms with van der Waals surface area (Å²) >= 11 is 5.24. The lowest BCUT2D eigenvalue weighted by Gasteiger charge is -2.15. The molecule has 0 amide bonds. The summed E-state index contributed by atoms with van der Waals surface area (Å²) in [7, 11) is 0. The largest absolute Gasteiger partial charge is 0.371 e. The van der Waals surface area contributed by atoms with Crippen molar-refractivity contribution in [1.82, 2.24) is 9.97 Å². The van der Waals surface area contributed by atoms with Crippen LogP contribution in [0.15, 0.2) is 6.07 Å². The highest BCUT2D eigenvalue weighted by Crippen LogP contribution is 2.33. The van der Waals surface area contributed by atoms with Gasteiger partial charge >= 0.3 is 0 Å². The van der Waals surface area contributed by atoms with Gasteiger partial charge in [0.25, 0.3) is 0 Å². The van der Waals surface area contributed by atoms with E-state index >= 15 is 0 Å². The normalized spacial score (nSPS) is 18.5. The highest BCUT2D eigenvalue weighted by Gasteiger charge is 2.19. The van der Waals surface area contributed by atoms with Gasteiger partial charge in [-0.1, -0.05) is 25.1 Å². The Labute approximate surface area is 108 Å². The van der Waals surface area contributed by atoms with Gasteiger partial charge in [-0.25, -0.2) is 4.98 Å². The van der Waals surface area contributed by atoms with Crippen LogP contribution in [-0.2, 0) is 4.74 Å². The van der Waals surface area contributed by atoms with E-state index in [0.717, 1.165) is 5.82 Å². The van der Waals surface area contributed by atoms with Gasteiger partial charge in [0.2, 0.25) is 0 Å². The van der Waals surface area contributed by atoms with Gasteiger partial charge in [-0.3, -0.25) is 0 Å². The standard InChI is InChI=1S/C13H20N2OS/c1-3-16-9(2)13-14-11(8-12(17)15-13)10-6-4-5-7-10/h8-10H,3-7H2,1-2H3,(H,14,15,17). The maximum Gasteiger partial charge on any atom is 0.136 e. The molecule has 2 rings (SSSR count). The number of aromatic nitrogens is 2. The first kappa shape index (κ1) is 12.7. The number of H-pyrrole nitrogens is 1. The summed E-state index contributed by atoms with van der Waals surface area (Å²) in [6.07, 6.45) is 5.16. The SMILES string of the molecule is CCOC(C)c1nc(=S)cc(C2CCCC2)[nH]1. The van der Waals surface area contributed by atoms with Crippen molar-refractivity contribution in [2.45, 2.75) is 51.6 Å². The van der Waals surface area contributed by atoms with E-state index in [0.29, 0.717) is 17.2 Å². The molecule has 1 aromatic rings. The summed E-state index contributed by atoms with van der Waals surface area (Å²) in [4.78, 5) is 7.77. The molecule has 0 aliphatic heterocycles. The van der Waals surface area contributed by atoms with Gasteiger partial charge in [-0.05, 0) is 38.7 Å². The number of rotatable bonds is 4. The molecule has 1 aliphatic carbocycles. The molecule has 0 saturated heterocycles. The summed E-state index contributed by atoms with van der Waals surface area (Å²) in [5.74, 6) is 1.49. The minimum absolute atomic E-state index is 0.0111. The van der Waals surface area contributed by atoms with Crippen LogP contribution in [0.3, 0.4) is 0 Å². The highest BCUT2D eigenvalue weighted by atomic mass is 32.1. The minimum atomic E-state index is -0.0111. The van der Waals surface area contributed by atoms with Crippen LogP contribution in [0.25, 0.3) is 0 Å². The smallest absolute Gasteiger partial charge is 0.136 e. The molecule has 0 spiro atoms. The minimum Gasteiger partial charge on any atom is -0.371 e. The monoisotopic (exact) mass is 252 g/mol. The number of aromatic amines is 1. The summed E-state index contributed by atoms with van der Waals surface area (Å²) in [5, 5.41) is 0. The number of hydrogen-bond acceptors (Lipinski definition) is 3. The van der Waals surface area contributed by atoms with Crippen molar-refractivity contribution in [2.24, 2.45) is 0 Å². The Morgan fingerprint density at radius 2 is 2.24 bits per heavy atom. The van der Waals surface area contributed by atoms with Gasteiger partial charge in [0, 0.05) is 12.3 Å². The Morgan fingerprint density at radius 3 is 2.88 bits per heavy atom. The van der Waals surface area contributed by atoms with E-state index in [1.807, 2.05) is 19.9 Å². The van der Waals surface area contributed by atoms with Crippen LogP contribution in [0.5, 0.6) is 0 Å². The Hall–Kier alpha value is -0.740. The Bertz CT molecular complexity index is 424. The molecular formula is C13H20N2OS. The molecule has 17 heavy (non-hydrogen) atoms. The Morgan fingerprint density at radius 1 is 1.53 bits per heavy atom. The molecule has 1 heterocycles. The number of hydrogen-bond donors (Lipinski definition) is 1. The number of ether oxygens (including phenoxy) is 1. The molecule has 1 fully saturated rings. The van der Waals surface area contributed by atoms with Crippen molar-refractivity contribution >= 4 is 12.2 Å². The van der Waals surface area contributed by atoms with Crippen LogP contribution in [0.4, 0.5) is 0 Å². The fraction of sp³-hybridized carbons (Fsp3) is 0.692.